The Morgan fingerprint density at radius 1 is 1.06 bits per heavy atom. The molecule has 0 N–H and O–H groups in total. The van der Waals surface area contributed by atoms with E-state index >= 15 is 0 Å². The van der Waals surface area contributed by atoms with E-state index in [2.05, 4.69) is 36.6 Å². The summed E-state index contributed by atoms with van der Waals surface area (Å²) in [4.78, 5) is 19.5. The number of hydrogen-bond acceptors (Lipinski definition) is 3. The number of carbonyl (C=O) groups excluding carboxylic acids is 1. The fourth-order valence-corrected chi connectivity index (χ4v) is 4.77. The van der Waals surface area contributed by atoms with Crippen LogP contribution in [0.2, 0.25) is 0 Å². The molecule has 0 radical (unpaired) electrons. The number of para-hydroxylation sites is 2. The van der Waals surface area contributed by atoms with Crippen molar-refractivity contribution in [2.75, 3.05) is 18.1 Å². The van der Waals surface area contributed by atoms with Crippen molar-refractivity contribution in [2.45, 2.75) is 45.1 Å². The van der Waals surface area contributed by atoms with Gasteiger partial charge in [0.1, 0.15) is 24.0 Å². The van der Waals surface area contributed by atoms with Gasteiger partial charge in [0.05, 0.1) is 17.6 Å². The molecule has 180 valence electrons. The smallest absolute Gasteiger partial charge is 0.227 e. The Morgan fingerprint density at radius 2 is 1.80 bits per heavy atom. The molecule has 2 heterocycles. The molecule has 0 bridgehead atoms. The number of hydrogen-bond donors (Lipinski definition) is 0. The molecule has 35 heavy (non-hydrogen) atoms. The van der Waals surface area contributed by atoms with Crippen LogP contribution in [0.4, 0.5) is 10.1 Å². The number of aromatic nitrogens is 2. The van der Waals surface area contributed by atoms with E-state index in [9.17, 15) is 9.18 Å². The summed E-state index contributed by atoms with van der Waals surface area (Å²) in [5, 5.41) is 0. The second-order valence-electron chi connectivity index (χ2n) is 9.22. The molecular formula is C29H30FN3O2. The van der Waals surface area contributed by atoms with Crippen molar-refractivity contribution in [2.24, 2.45) is 0 Å². The second kappa shape index (κ2) is 9.90. The summed E-state index contributed by atoms with van der Waals surface area (Å²) in [5.41, 5.74) is 3.98. The van der Waals surface area contributed by atoms with Gasteiger partial charge in [0, 0.05) is 24.6 Å². The molecule has 0 spiro atoms. The molecule has 1 saturated heterocycles. The van der Waals surface area contributed by atoms with Gasteiger partial charge in [0.2, 0.25) is 5.91 Å². The Hall–Kier alpha value is -3.67. The number of amides is 1. The predicted molar refractivity (Wildman–Crippen MR) is 136 cm³/mol. The van der Waals surface area contributed by atoms with Gasteiger partial charge in [-0.1, -0.05) is 38.1 Å². The Bertz CT molecular complexity index is 1310. The zero-order valence-electron chi connectivity index (χ0n) is 20.2. The highest BCUT2D eigenvalue weighted by atomic mass is 19.1. The second-order valence-corrected chi connectivity index (χ2v) is 9.22. The summed E-state index contributed by atoms with van der Waals surface area (Å²) >= 11 is 0. The van der Waals surface area contributed by atoms with Gasteiger partial charge in [-0.3, -0.25) is 4.79 Å². The molecule has 6 heteroatoms. The summed E-state index contributed by atoms with van der Waals surface area (Å²) < 4.78 is 21.6. The highest BCUT2D eigenvalue weighted by Crippen LogP contribution is 2.33. The minimum atomic E-state index is -0.312. The summed E-state index contributed by atoms with van der Waals surface area (Å²) in [5.74, 6) is 1.94. The number of rotatable bonds is 8. The minimum Gasteiger partial charge on any atom is -0.492 e. The van der Waals surface area contributed by atoms with E-state index in [4.69, 9.17) is 9.72 Å². The van der Waals surface area contributed by atoms with Gasteiger partial charge in [0.15, 0.2) is 0 Å². The largest absolute Gasteiger partial charge is 0.492 e. The lowest BCUT2D eigenvalue weighted by Gasteiger charge is -2.17. The standard InChI is InChI=1S/C29H30FN3O2/c1-3-20(2)21-8-14-25(15-9-21)35-17-16-32-27-7-5-4-6-26(27)31-29(32)22-18-28(34)33(19-22)24-12-10-23(30)11-13-24/h4-15,20,22H,3,16-19H2,1-2H3/t20-,22+/m0/s1. The lowest BCUT2D eigenvalue weighted by molar-refractivity contribution is -0.117. The molecule has 5 rings (SSSR count). The van der Waals surface area contributed by atoms with Crippen LogP contribution in [0, 0.1) is 5.82 Å². The first kappa shape index (κ1) is 23.1. The molecule has 0 unspecified atom stereocenters. The fraction of sp³-hybridized carbons (Fsp3) is 0.310. The number of carbonyl (C=O) groups is 1. The molecule has 1 amide bonds. The van der Waals surface area contributed by atoms with E-state index in [0.29, 0.717) is 37.7 Å². The molecule has 1 fully saturated rings. The molecule has 2 atom stereocenters. The molecular weight excluding hydrogens is 441 g/mol. The van der Waals surface area contributed by atoms with Crippen molar-refractivity contribution in [1.29, 1.82) is 0 Å². The van der Waals surface area contributed by atoms with Crippen molar-refractivity contribution in [1.82, 2.24) is 9.55 Å². The van der Waals surface area contributed by atoms with E-state index < -0.39 is 0 Å². The van der Waals surface area contributed by atoms with Gasteiger partial charge in [-0.15, -0.1) is 0 Å². The number of ether oxygens (including phenoxy) is 1. The highest BCUT2D eigenvalue weighted by Gasteiger charge is 2.34. The first-order valence-electron chi connectivity index (χ1n) is 12.3. The van der Waals surface area contributed by atoms with Crippen LogP contribution in [0.1, 0.15) is 49.9 Å². The first-order valence-corrected chi connectivity index (χ1v) is 12.3. The average molecular weight is 472 g/mol. The zero-order valence-corrected chi connectivity index (χ0v) is 20.2. The van der Waals surface area contributed by atoms with Gasteiger partial charge in [-0.2, -0.15) is 0 Å². The predicted octanol–water partition coefficient (Wildman–Crippen LogP) is 6.29. The number of halogens is 1. The van der Waals surface area contributed by atoms with Crippen LogP contribution in [-0.4, -0.2) is 28.6 Å². The Kier molecular flexibility index (Phi) is 6.53. The van der Waals surface area contributed by atoms with Crippen LogP contribution in [0.15, 0.2) is 72.8 Å². The molecule has 1 aliphatic rings. The highest BCUT2D eigenvalue weighted by molar-refractivity contribution is 5.96. The lowest BCUT2D eigenvalue weighted by atomic mass is 9.99. The Balaban J connectivity index is 1.34. The number of imidazole rings is 1. The minimum absolute atomic E-state index is 0.0258. The molecule has 0 aliphatic carbocycles. The number of anilines is 1. The van der Waals surface area contributed by atoms with Crippen molar-refractivity contribution < 1.29 is 13.9 Å². The maximum Gasteiger partial charge on any atom is 0.227 e. The summed E-state index contributed by atoms with van der Waals surface area (Å²) in [7, 11) is 0. The Morgan fingerprint density at radius 3 is 2.54 bits per heavy atom. The van der Waals surface area contributed by atoms with E-state index in [-0.39, 0.29) is 17.6 Å². The van der Waals surface area contributed by atoms with Crippen molar-refractivity contribution in [3.63, 3.8) is 0 Å². The molecule has 3 aromatic carbocycles. The monoisotopic (exact) mass is 471 g/mol. The quantitative estimate of drug-likeness (QED) is 0.303. The third kappa shape index (κ3) is 4.78. The molecule has 1 aromatic heterocycles. The molecule has 5 nitrogen and oxygen atoms in total. The third-order valence-corrected chi connectivity index (χ3v) is 6.96. The first-order chi connectivity index (χ1) is 17.0. The van der Waals surface area contributed by atoms with Gasteiger partial charge >= 0.3 is 0 Å². The van der Waals surface area contributed by atoms with Crippen molar-refractivity contribution >= 4 is 22.6 Å². The molecule has 1 aliphatic heterocycles. The number of fused-ring (bicyclic) bond motifs is 1. The lowest BCUT2D eigenvalue weighted by Crippen LogP contribution is -2.24. The van der Waals surface area contributed by atoms with Crippen LogP contribution >= 0.6 is 0 Å². The van der Waals surface area contributed by atoms with Crippen molar-refractivity contribution in [3.05, 3.63) is 90.0 Å². The van der Waals surface area contributed by atoms with E-state index in [1.165, 1.54) is 17.7 Å². The van der Waals surface area contributed by atoms with Gasteiger partial charge < -0.3 is 14.2 Å². The van der Waals surface area contributed by atoms with Gasteiger partial charge in [-0.05, 0) is 66.4 Å². The summed E-state index contributed by atoms with van der Waals surface area (Å²) in [6.07, 6.45) is 1.48. The van der Waals surface area contributed by atoms with Crippen molar-refractivity contribution in [3.8, 4) is 5.75 Å². The molecule has 0 saturated carbocycles. The van der Waals surface area contributed by atoms with E-state index in [0.717, 1.165) is 29.0 Å². The third-order valence-electron chi connectivity index (χ3n) is 6.96. The van der Waals surface area contributed by atoms with E-state index in [1.54, 1.807) is 17.0 Å². The maximum atomic E-state index is 13.4. The van der Waals surface area contributed by atoms with Crippen LogP contribution in [-0.2, 0) is 11.3 Å². The molecule has 4 aromatic rings. The SMILES string of the molecule is CC[C@H](C)c1ccc(OCCn2c([C@@H]3CC(=O)N(c4ccc(F)cc4)C3)nc3ccccc32)cc1. The fourth-order valence-electron chi connectivity index (χ4n) is 4.77. The van der Waals surface area contributed by atoms with Crippen LogP contribution < -0.4 is 9.64 Å². The zero-order chi connectivity index (χ0) is 24.4. The summed E-state index contributed by atoms with van der Waals surface area (Å²) in [6.45, 7) is 6.07. The number of nitrogens with zero attached hydrogens (tertiary/aromatic N) is 3. The van der Waals surface area contributed by atoms with Crippen LogP contribution in [0.5, 0.6) is 5.75 Å². The normalized spacial score (nSPS) is 16.7. The Labute approximate surface area is 205 Å². The van der Waals surface area contributed by atoms with Gasteiger partial charge in [-0.25, -0.2) is 9.37 Å². The maximum absolute atomic E-state index is 13.4. The van der Waals surface area contributed by atoms with E-state index in [1.807, 2.05) is 30.3 Å². The van der Waals surface area contributed by atoms with Crippen LogP contribution in [0.25, 0.3) is 11.0 Å². The van der Waals surface area contributed by atoms with Crippen LogP contribution in [0.3, 0.4) is 0 Å². The number of benzene rings is 3. The average Bonchev–Trinajstić information content (AvgIpc) is 3.45. The van der Waals surface area contributed by atoms with Gasteiger partial charge in [0.25, 0.3) is 0 Å². The summed E-state index contributed by atoms with van der Waals surface area (Å²) in [6, 6.07) is 22.4. The topological polar surface area (TPSA) is 47.4 Å².